The van der Waals surface area contributed by atoms with E-state index in [0.29, 0.717) is 23.6 Å². The highest BCUT2D eigenvalue weighted by Gasteiger charge is 2.29. The number of carbonyl (C=O) groups excluding carboxylic acids is 2. The van der Waals surface area contributed by atoms with Gasteiger partial charge in [0.15, 0.2) is 9.84 Å². The van der Waals surface area contributed by atoms with Gasteiger partial charge in [-0.15, -0.1) is 0 Å². The molecule has 0 aromatic heterocycles. The number of hydrogen-bond donors (Lipinski definition) is 2. The van der Waals surface area contributed by atoms with Crippen molar-refractivity contribution in [2.75, 3.05) is 31.0 Å². The Bertz CT molecular complexity index is 731. The Labute approximate surface area is 140 Å². The predicted molar refractivity (Wildman–Crippen MR) is 88.0 cm³/mol. The van der Waals surface area contributed by atoms with Crippen LogP contribution in [0.2, 0.25) is 0 Å². The van der Waals surface area contributed by atoms with Crippen molar-refractivity contribution in [2.45, 2.75) is 18.9 Å². The molecule has 2 rings (SSSR count). The summed E-state index contributed by atoms with van der Waals surface area (Å²) in [4.78, 5) is 23.8. The summed E-state index contributed by atoms with van der Waals surface area (Å²) in [6.45, 7) is 0. The second-order valence-corrected chi connectivity index (χ2v) is 7.69. The second kappa shape index (κ2) is 7.52. The van der Waals surface area contributed by atoms with Crippen molar-refractivity contribution >= 4 is 27.3 Å². The summed E-state index contributed by atoms with van der Waals surface area (Å²) in [5.41, 5.74) is 0.416. The highest BCUT2D eigenvalue weighted by atomic mass is 32.2. The standard InChI is InChI=1S/C15H20N2O6S/c1-22-11-3-4-12(13(7-11)23-2)17-15(19)8-14(18)16-10-5-6-24(20,21)9-10/h3-4,7,10H,5-6,8-9H2,1-2H3,(H,16,18)(H,17,19). The van der Waals surface area contributed by atoms with Crippen molar-refractivity contribution in [3.63, 3.8) is 0 Å². The van der Waals surface area contributed by atoms with Gasteiger partial charge in [0, 0.05) is 12.1 Å². The minimum absolute atomic E-state index is 0.0627. The molecule has 1 aromatic carbocycles. The van der Waals surface area contributed by atoms with Crippen LogP contribution in [0.3, 0.4) is 0 Å². The molecule has 0 bridgehead atoms. The van der Waals surface area contributed by atoms with E-state index in [0.717, 1.165) is 0 Å². The van der Waals surface area contributed by atoms with E-state index < -0.39 is 34.1 Å². The number of methoxy groups -OCH3 is 2. The van der Waals surface area contributed by atoms with E-state index >= 15 is 0 Å². The van der Waals surface area contributed by atoms with Crippen LogP contribution in [0.15, 0.2) is 18.2 Å². The lowest BCUT2D eigenvalue weighted by atomic mass is 10.2. The Morgan fingerprint density at radius 2 is 1.96 bits per heavy atom. The predicted octanol–water partition coefficient (Wildman–Crippen LogP) is 0.336. The molecule has 1 heterocycles. The van der Waals surface area contributed by atoms with Gasteiger partial charge < -0.3 is 20.1 Å². The molecule has 24 heavy (non-hydrogen) atoms. The topological polar surface area (TPSA) is 111 Å². The van der Waals surface area contributed by atoms with Gasteiger partial charge in [0.25, 0.3) is 0 Å². The van der Waals surface area contributed by atoms with Crippen LogP contribution in [-0.2, 0) is 19.4 Å². The van der Waals surface area contributed by atoms with Crippen LogP contribution >= 0.6 is 0 Å². The number of rotatable bonds is 6. The summed E-state index contributed by atoms with van der Waals surface area (Å²) in [5.74, 6) is -0.0613. The van der Waals surface area contributed by atoms with Crippen molar-refractivity contribution < 1.29 is 27.5 Å². The molecule has 0 saturated carbocycles. The van der Waals surface area contributed by atoms with E-state index in [-0.39, 0.29) is 11.5 Å². The summed E-state index contributed by atoms with van der Waals surface area (Å²) < 4.78 is 32.9. The van der Waals surface area contributed by atoms with Gasteiger partial charge in [-0.2, -0.15) is 0 Å². The number of anilines is 1. The van der Waals surface area contributed by atoms with Crippen LogP contribution in [0.5, 0.6) is 11.5 Å². The fraction of sp³-hybridized carbons (Fsp3) is 0.467. The average molecular weight is 356 g/mol. The molecule has 132 valence electrons. The molecule has 1 aliphatic heterocycles. The molecule has 2 N–H and O–H groups in total. The summed E-state index contributed by atoms with van der Waals surface area (Å²) in [7, 11) is -0.107. The first-order valence-electron chi connectivity index (χ1n) is 7.34. The van der Waals surface area contributed by atoms with Crippen LogP contribution in [0, 0.1) is 0 Å². The van der Waals surface area contributed by atoms with Crippen molar-refractivity contribution in [2.24, 2.45) is 0 Å². The first kappa shape index (κ1) is 18.1. The molecule has 1 unspecified atom stereocenters. The van der Waals surface area contributed by atoms with Crippen LogP contribution < -0.4 is 20.1 Å². The Hall–Kier alpha value is -2.29. The molecule has 1 saturated heterocycles. The van der Waals surface area contributed by atoms with Crippen molar-refractivity contribution in [1.29, 1.82) is 0 Å². The summed E-state index contributed by atoms with van der Waals surface area (Å²) in [5, 5.41) is 5.15. The van der Waals surface area contributed by atoms with Gasteiger partial charge in [0.1, 0.15) is 17.9 Å². The smallest absolute Gasteiger partial charge is 0.233 e. The molecule has 0 spiro atoms. The summed E-state index contributed by atoms with van der Waals surface area (Å²) in [6, 6.07) is 4.45. The second-order valence-electron chi connectivity index (χ2n) is 5.46. The van der Waals surface area contributed by atoms with E-state index in [2.05, 4.69) is 10.6 Å². The molecule has 1 aromatic rings. The zero-order chi connectivity index (χ0) is 17.7. The lowest BCUT2D eigenvalue weighted by Crippen LogP contribution is -2.37. The van der Waals surface area contributed by atoms with Crippen LogP contribution in [-0.4, -0.2) is 52.0 Å². The summed E-state index contributed by atoms with van der Waals surface area (Å²) in [6.07, 6.45) is -0.0201. The van der Waals surface area contributed by atoms with E-state index in [1.165, 1.54) is 14.2 Å². The minimum Gasteiger partial charge on any atom is -0.497 e. The third kappa shape index (κ3) is 4.85. The van der Waals surface area contributed by atoms with Gasteiger partial charge in [-0.25, -0.2) is 8.42 Å². The fourth-order valence-electron chi connectivity index (χ4n) is 2.43. The van der Waals surface area contributed by atoms with Crippen LogP contribution in [0.25, 0.3) is 0 Å². The molecule has 9 heteroatoms. The van der Waals surface area contributed by atoms with Crippen LogP contribution in [0.4, 0.5) is 5.69 Å². The highest BCUT2D eigenvalue weighted by Crippen LogP contribution is 2.29. The maximum absolute atomic E-state index is 12.0. The monoisotopic (exact) mass is 356 g/mol. The van der Waals surface area contributed by atoms with Gasteiger partial charge in [0.2, 0.25) is 11.8 Å². The maximum Gasteiger partial charge on any atom is 0.233 e. The van der Waals surface area contributed by atoms with E-state index in [1.54, 1.807) is 18.2 Å². The zero-order valence-corrected chi connectivity index (χ0v) is 14.3. The number of carbonyl (C=O) groups is 2. The van der Waals surface area contributed by atoms with Crippen LogP contribution in [0.1, 0.15) is 12.8 Å². The molecule has 2 amide bonds. The fourth-order valence-corrected chi connectivity index (χ4v) is 4.10. The van der Waals surface area contributed by atoms with Gasteiger partial charge in [-0.05, 0) is 18.6 Å². The first-order chi connectivity index (χ1) is 11.3. The quantitative estimate of drug-likeness (QED) is 0.711. The Morgan fingerprint density at radius 3 is 2.54 bits per heavy atom. The molecule has 0 aliphatic carbocycles. The average Bonchev–Trinajstić information content (AvgIpc) is 2.86. The van der Waals surface area contributed by atoms with E-state index in [1.807, 2.05) is 0 Å². The highest BCUT2D eigenvalue weighted by molar-refractivity contribution is 7.91. The van der Waals surface area contributed by atoms with Gasteiger partial charge >= 0.3 is 0 Å². The van der Waals surface area contributed by atoms with Crippen molar-refractivity contribution in [3.8, 4) is 11.5 Å². The van der Waals surface area contributed by atoms with Gasteiger partial charge in [0.05, 0.1) is 31.4 Å². The largest absolute Gasteiger partial charge is 0.497 e. The molecule has 8 nitrogen and oxygen atoms in total. The summed E-state index contributed by atoms with van der Waals surface area (Å²) >= 11 is 0. The number of ether oxygens (including phenoxy) is 2. The third-order valence-corrected chi connectivity index (χ3v) is 5.37. The molecule has 1 aliphatic rings. The number of nitrogens with one attached hydrogen (secondary N) is 2. The van der Waals surface area contributed by atoms with Crippen molar-refractivity contribution in [1.82, 2.24) is 5.32 Å². The molecule has 1 atom stereocenters. The number of amides is 2. The first-order valence-corrected chi connectivity index (χ1v) is 9.17. The van der Waals surface area contributed by atoms with E-state index in [9.17, 15) is 18.0 Å². The number of sulfone groups is 1. The van der Waals surface area contributed by atoms with Gasteiger partial charge in [-0.1, -0.05) is 0 Å². The molecular weight excluding hydrogens is 336 g/mol. The Kier molecular flexibility index (Phi) is 5.66. The normalized spacial score (nSPS) is 18.7. The lowest BCUT2D eigenvalue weighted by Gasteiger charge is -2.13. The van der Waals surface area contributed by atoms with Gasteiger partial charge in [-0.3, -0.25) is 9.59 Å². The van der Waals surface area contributed by atoms with Crippen molar-refractivity contribution in [3.05, 3.63) is 18.2 Å². The maximum atomic E-state index is 12.0. The number of hydrogen-bond acceptors (Lipinski definition) is 6. The Balaban J connectivity index is 1.90. The third-order valence-electron chi connectivity index (χ3n) is 3.60. The SMILES string of the molecule is COc1ccc(NC(=O)CC(=O)NC2CCS(=O)(=O)C2)c(OC)c1. The number of benzene rings is 1. The lowest BCUT2D eigenvalue weighted by molar-refractivity contribution is -0.127. The van der Waals surface area contributed by atoms with E-state index in [4.69, 9.17) is 9.47 Å². The zero-order valence-electron chi connectivity index (χ0n) is 13.5. The Morgan fingerprint density at radius 1 is 1.21 bits per heavy atom. The minimum atomic E-state index is -3.08. The molecule has 1 fully saturated rings. The molecule has 0 radical (unpaired) electrons. The molecular formula is C15H20N2O6S.